The van der Waals surface area contributed by atoms with Gasteiger partial charge < -0.3 is 4.74 Å². The van der Waals surface area contributed by atoms with Gasteiger partial charge in [0.25, 0.3) is 0 Å². The Morgan fingerprint density at radius 1 is 1.27 bits per heavy atom. The van der Waals surface area contributed by atoms with Gasteiger partial charge in [0.2, 0.25) is 0 Å². The maximum atomic E-state index is 11.7. The molecule has 0 bridgehead atoms. The maximum absolute atomic E-state index is 11.7. The van der Waals surface area contributed by atoms with Crippen molar-refractivity contribution in [2.24, 2.45) is 11.8 Å². The molecule has 1 aliphatic carbocycles. The molecule has 0 aliphatic heterocycles. The Kier molecular flexibility index (Phi) is 4.79. The number of Topliss-reactive ketones (excluding diaryl/α,β-unsaturated/α-hetero) is 1. The predicted octanol–water partition coefficient (Wildman–Crippen LogP) is 2.33. The Morgan fingerprint density at radius 3 is 2.53 bits per heavy atom. The smallest absolute Gasteiger partial charge is 0.306 e. The fourth-order valence-electron chi connectivity index (χ4n) is 2.16. The van der Waals surface area contributed by atoms with Gasteiger partial charge in [-0.05, 0) is 32.1 Å². The third-order valence-corrected chi connectivity index (χ3v) is 3.03. The number of ether oxygens (including phenoxy) is 1. The Labute approximate surface area is 91.2 Å². The Hall–Kier alpha value is -0.860. The van der Waals surface area contributed by atoms with Crippen molar-refractivity contribution in [3.63, 3.8) is 0 Å². The first-order valence-corrected chi connectivity index (χ1v) is 5.81. The van der Waals surface area contributed by atoms with E-state index >= 15 is 0 Å². The second kappa shape index (κ2) is 5.89. The van der Waals surface area contributed by atoms with E-state index in [-0.39, 0.29) is 24.1 Å². The molecule has 1 rings (SSSR count). The van der Waals surface area contributed by atoms with Gasteiger partial charge in [-0.3, -0.25) is 9.59 Å². The zero-order valence-corrected chi connectivity index (χ0v) is 9.62. The van der Waals surface area contributed by atoms with Crippen LogP contribution in [0.4, 0.5) is 0 Å². The van der Waals surface area contributed by atoms with E-state index in [0.717, 1.165) is 19.3 Å². The number of carbonyl (C=O) groups is 2. The summed E-state index contributed by atoms with van der Waals surface area (Å²) in [6.45, 7) is 4.35. The summed E-state index contributed by atoms with van der Waals surface area (Å²) >= 11 is 0. The lowest BCUT2D eigenvalue weighted by Gasteiger charge is -2.07. The highest BCUT2D eigenvalue weighted by Gasteiger charge is 2.27. The first-order valence-electron chi connectivity index (χ1n) is 5.81. The predicted molar refractivity (Wildman–Crippen MR) is 57.4 cm³/mol. The average Bonchev–Trinajstić information content (AvgIpc) is 2.62. The van der Waals surface area contributed by atoms with Gasteiger partial charge in [0.05, 0.1) is 13.0 Å². The molecule has 2 atom stereocenters. The molecule has 15 heavy (non-hydrogen) atoms. The van der Waals surface area contributed by atoms with Crippen molar-refractivity contribution in [1.82, 2.24) is 0 Å². The summed E-state index contributed by atoms with van der Waals surface area (Å²) in [5.74, 6) is 0.861. The molecule has 0 N–H and O–H groups in total. The van der Waals surface area contributed by atoms with E-state index in [9.17, 15) is 9.59 Å². The molecule has 0 saturated heterocycles. The van der Waals surface area contributed by atoms with Crippen molar-refractivity contribution in [3.05, 3.63) is 0 Å². The molecule has 0 aromatic heterocycles. The van der Waals surface area contributed by atoms with E-state index < -0.39 is 0 Å². The standard InChI is InChI=1S/C12H20O3/c1-3-15-12(14)7-6-11(13)10-5-4-9(2)8-10/h9-10H,3-8H2,1-2H3. The molecule has 1 fully saturated rings. The van der Waals surface area contributed by atoms with E-state index in [1.807, 2.05) is 0 Å². The van der Waals surface area contributed by atoms with E-state index in [2.05, 4.69) is 6.92 Å². The molecule has 0 aromatic carbocycles. The van der Waals surface area contributed by atoms with Crippen LogP contribution in [0.1, 0.15) is 46.0 Å². The van der Waals surface area contributed by atoms with Crippen LogP contribution < -0.4 is 0 Å². The second-order valence-electron chi connectivity index (χ2n) is 4.39. The van der Waals surface area contributed by atoms with Crippen LogP contribution in [0.25, 0.3) is 0 Å². The quantitative estimate of drug-likeness (QED) is 0.657. The van der Waals surface area contributed by atoms with Crippen LogP contribution in [0.5, 0.6) is 0 Å². The average molecular weight is 212 g/mol. The number of hydrogen-bond donors (Lipinski definition) is 0. The van der Waals surface area contributed by atoms with Crippen LogP contribution in [0.15, 0.2) is 0 Å². The Morgan fingerprint density at radius 2 is 2.00 bits per heavy atom. The lowest BCUT2D eigenvalue weighted by molar-refractivity contribution is -0.144. The molecular formula is C12H20O3. The number of hydrogen-bond acceptors (Lipinski definition) is 3. The zero-order chi connectivity index (χ0) is 11.3. The fourth-order valence-corrected chi connectivity index (χ4v) is 2.16. The van der Waals surface area contributed by atoms with E-state index in [1.54, 1.807) is 6.92 Å². The van der Waals surface area contributed by atoms with Crippen LogP contribution in [0.3, 0.4) is 0 Å². The minimum Gasteiger partial charge on any atom is -0.466 e. The fraction of sp³-hybridized carbons (Fsp3) is 0.833. The van der Waals surface area contributed by atoms with Crippen molar-refractivity contribution in [3.8, 4) is 0 Å². The maximum Gasteiger partial charge on any atom is 0.306 e. The van der Waals surface area contributed by atoms with Gasteiger partial charge in [-0.25, -0.2) is 0 Å². The van der Waals surface area contributed by atoms with Gasteiger partial charge in [-0.15, -0.1) is 0 Å². The summed E-state index contributed by atoms with van der Waals surface area (Å²) in [7, 11) is 0. The molecular weight excluding hydrogens is 192 g/mol. The third-order valence-electron chi connectivity index (χ3n) is 3.03. The van der Waals surface area contributed by atoms with E-state index in [4.69, 9.17) is 4.74 Å². The van der Waals surface area contributed by atoms with Crippen LogP contribution in [-0.4, -0.2) is 18.4 Å². The van der Waals surface area contributed by atoms with E-state index in [1.165, 1.54) is 0 Å². The van der Waals surface area contributed by atoms with Gasteiger partial charge >= 0.3 is 5.97 Å². The zero-order valence-electron chi connectivity index (χ0n) is 9.62. The topological polar surface area (TPSA) is 43.4 Å². The lowest BCUT2D eigenvalue weighted by Crippen LogP contribution is -2.14. The summed E-state index contributed by atoms with van der Waals surface area (Å²) in [6.07, 6.45) is 3.76. The third kappa shape index (κ3) is 4.02. The minimum atomic E-state index is -0.253. The molecule has 1 saturated carbocycles. The number of ketones is 1. The summed E-state index contributed by atoms with van der Waals surface area (Å²) in [4.78, 5) is 22.7. The van der Waals surface area contributed by atoms with E-state index in [0.29, 0.717) is 18.9 Å². The normalized spacial score (nSPS) is 25.2. The Balaban J connectivity index is 2.21. The molecule has 0 amide bonds. The van der Waals surface area contributed by atoms with Crippen molar-refractivity contribution in [2.75, 3.05) is 6.61 Å². The number of esters is 1. The summed E-state index contributed by atoms with van der Waals surface area (Å²) < 4.78 is 4.78. The molecule has 0 aromatic rings. The number of carbonyl (C=O) groups excluding carboxylic acids is 2. The summed E-state index contributed by atoms with van der Waals surface area (Å²) in [6, 6.07) is 0. The molecule has 86 valence electrons. The summed E-state index contributed by atoms with van der Waals surface area (Å²) in [5, 5.41) is 0. The van der Waals surface area contributed by atoms with Crippen molar-refractivity contribution >= 4 is 11.8 Å². The van der Waals surface area contributed by atoms with Gasteiger partial charge in [-0.1, -0.05) is 6.92 Å². The SMILES string of the molecule is CCOC(=O)CCC(=O)C1CCC(C)C1. The molecule has 0 radical (unpaired) electrons. The van der Waals surface area contributed by atoms with Crippen LogP contribution in [0.2, 0.25) is 0 Å². The highest BCUT2D eigenvalue weighted by atomic mass is 16.5. The number of rotatable bonds is 5. The van der Waals surface area contributed by atoms with Gasteiger partial charge in [0.1, 0.15) is 5.78 Å². The molecule has 0 spiro atoms. The molecule has 3 nitrogen and oxygen atoms in total. The highest BCUT2D eigenvalue weighted by molar-refractivity contribution is 5.84. The van der Waals surface area contributed by atoms with Gasteiger partial charge in [0.15, 0.2) is 0 Å². The van der Waals surface area contributed by atoms with Crippen molar-refractivity contribution in [1.29, 1.82) is 0 Å². The van der Waals surface area contributed by atoms with Crippen molar-refractivity contribution in [2.45, 2.75) is 46.0 Å². The van der Waals surface area contributed by atoms with Crippen LogP contribution >= 0.6 is 0 Å². The Bertz CT molecular complexity index is 235. The second-order valence-corrected chi connectivity index (χ2v) is 4.39. The summed E-state index contributed by atoms with van der Waals surface area (Å²) in [5.41, 5.74) is 0. The molecule has 3 heteroatoms. The van der Waals surface area contributed by atoms with Crippen LogP contribution in [-0.2, 0) is 14.3 Å². The van der Waals surface area contributed by atoms with Crippen molar-refractivity contribution < 1.29 is 14.3 Å². The highest BCUT2D eigenvalue weighted by Crippen LogP contribution is 2.31. The monoisotopic (exact) mass is 212 g/mol. The van der Waals surface area contributed by atoms with Gasteiger partial charge in [-0.2, -0.15) is 0 Å². The first kappa shape index (κ1) is 12.2. The molecule has 0 heterocycles. The molecule has 2 unspecified atom stereocenters. The minimum absolute atomic E-state index is 0.203. The lowest BCUT2D eigenvalue weighted by atomic mass is 9.98. The molecule has 1 aliphatic rings. The van der Waals surface area contributed by atoms with Gasteiger partial charge in [0, 0.05) is 12.3 Å². The van der Waals surface area contributed by atoms with Crippen LogP contribution in [0, 0.1) is 11.8 Å². The largest absolute Gasteiger partial charge is 0.466 e. The first-order chi connectivity index (χ1) is 7.13.